The maximum absolute atomic E-state index is 13.5. The van der Waals surface area contributed by atoms with Crippen molar-refractivity contribution in [2.24, 2.45) is 5.92 Å². The van der Waals surface area contributed by atoms with Gasteiger partial charge in [0, 0.05) is 25.4 Å². The minimum atomic E-state index is -3.11. The number of hydrogen-bond acceptors (Lipinski definition) is 3. The number of halogens is 3. The third-order valence-electron chi connectivity index (χ3n) is 3.23. The molecule has 0 spiro atoms. The van der Waals surface area contributed by atoms with E-state index in [0.29, 0.717) is 25.1 Å². The first-order valence-electron chi connectivity index (χ1n) is 6.70. The minimum Gasteiger partial charge on any atom is -0.432 e. The molecule has 1 unspecified atom stereocenters. The number of benzene rings is 1. The molecule has 5 nitrogen and oxygen atoms in total. The van der Waals surface area contributed by atoms with Crippen molar-refractivity contribution in [2.75, 3.05) is 13.1 Å². The van der Waals surface area contributed by atoms with Crippen LogP contribution in [0.15, 0.2) is 18.2 Å². The Hall–Kier alpha value is -2.25. The molecule has 2 rings (SSSR count). The fraction of sp³-hybridized carbons (Fsp3) is 0.429. The quantitative estimate of drug-likeness (QED) is 0.829. The van der Waals surface area contributed by atoms with Crippen molar-refractivity contribution in [3.05, 3.63) is 29.6 Å². The molecule has 0 aliphatic carbocycles. The lowest BCUT2D eigenvalue weighted by molar-refractivity contribution is -0.121. The van der Waals surface area contributed by atoms with Gasteiger partial charge in [0.25, 0.3) is 0 Å². The number of carbonyl (C=O) groups excluding carboxylic acids is 2. The van der Waals surface area contributed by atoms with Gasteiger partial charge in [-0.3, -0.25) is 9.59 Å². The van der Waals surface area contributed by atoms with Gasteiger partial charge < -0.3 is 15.4 Å². The van der Waals surface area contributed by atoms with Gasteiger partial charge in [0.15, 0.2) is 11.6 Å². The number of amides is 2. The Morgan fingerprint density at radius 3 is 2.82 bits per heavy atom. The fourth-order valence-electron chi connectivity index (χ4n) is 2.16. The van der Waals surface area contributed by atoms with Gasteiger partial charge in [-0.1, -0.05) is 6.07 Å². The zero-order chi connectivity index (χ0) is 16.1. The molecule has 1 atom stereocenters. The highest BCUT2D eigenvalue weighted by Gasteiger charge is 2.21. The summed E-state index contributed by atoms with van der Waals surface area (Å²) in [5, 5.41) is 5.31. The highest BCUT2D eigenvalue weighted by molar-refractivity contribution is 5.80. The van der Waals surface area contributed by atoms with Crippen LogP contribution in [0.5, 0.6) is 5.75 Å². The number of hydrogen-bond donors (Lipinski definition) is 2. The third kappa shape index (κ3) is 4.64. The second kappa shape index (κ2) is 7.15. The maximum atomic E-state index is 13.5. The van der Waals surface area contributed by atoms with E-state index in [1.165, 1.54) is 6.07 Å². The monoisotopic (exact) mass is 316 g/mol. The van der Waals surface area contributed by atoms with Crippen molar-refractivity contribution in [1.82, 2.24) is 10.6 Å². The van der Waals surface area contributed by atoms with Crippen LogP contribution >= 0.6 is 0 Å². The van der Waals surface area contributed by atoms with Gasteiger partial charge in [-0.15, -0.1) is 0 Å². The summed E-state index contributed by atoms with van der Waals surface area (Å²) in [5.74, 6) is -1.84. The summed E-state index contributed by atoms with van der Waals surface area (Å²) in [6.07, 6.45) is 0.286. The van der Waals surface area contributed by atoms with Crippen LogP contribution in [-0.4, -0.2) is 31.5 Å². The Morgan fingerprint density at radius 1 is 1.45 bits per heavy atom. The van der Waals surface area contributed by atoms with Gasteiger partial charge in [0.2, 0.25) is 11.8 Å². The van der Waals surface area contributed by atoms with Crippen molar-refractivity contribution < 1.29 is 27.5 Å². The van der Waals surface area contributed by atoms with Crippen LogP contribution in [0.2, 0.25) is 0 Å². The molecule has 120 valence electrons. The van der Waals surface area contributed by atoms with Gasteiger partial charge in [-0.2, -0.15) is 8.78 Å². The van der Waals surface area contributed by atoms with Crippen molar-refractivity contribution in [1.29, 1.82) is 0 Å². The van der Waals surface area contributed by atoms with E-state index in [9.17, 15) is 22.8 Å². The van der Waals surface area contributed by atoms with Crippen LogP contribution in [0.1, 0.15) is 12.0 Å². The van der Waals surface area contributed by atoms with Gasteiger partial charge in [-0.05, 0) is 17.7 Å². The van der Waals surface area contributed by atoms with Gasteiger partial charge in [0.05, 0.1) is 6.42 Å². The molecule has 1 heterocycles. The summed E-state index contributed by atoms with van der Waals surface area (Å²) in [7, 11) is 0. The molecule has 1 saturated heterocycles. The summed E-state index contributed by atoms with van der Waals surface area (Å²) >= 11 is 0. The van der Waals surface area contributed by atoms with E-state index < -0.39 is 18.2 Å². The predicted molar refractivity (Wildman–Crippen MR) is 70.9 cm³/mol. The highest BCUT2D eigenvalue weighted by atomic mass is 19.3. The largest absolute Gasteiger partial charge is 0.432 e. The molecule has 1 aliphatic heterocycles. The Labute approximate surface area is 124 Å². The van der Waals surface area contributed by atoms with E-state index in [-0.39, 0.29) is 24.2 Å². The lowest BCUT2D eigenvalue weighted by Gasteiger charge is -2.10. The number of nitrogens with one attached hydrogen (secondary N) is 2. The molecular weight excluding hydrogens is 301 g/mol. The first-order chi connectivity index (χ1) is 10.4. The van der Waals surface area contributed by atoms with Gasteiger partial charge in [-0.25, -0.2) is 4.39 Å². The molecule has 1 aromatic carbocycles. The van der Waals surface area contributed by atoms with E-state index in [4.69, 9.17) is 0 Å². The second-order valence-electron chi connectivity index (χ2n) is 5.00. The number of carbonyl (C=O) groups is 2. The molecule has 1 fully saturated rings. The molecule has 0 saturated carbocycles. The van der Waals surface area contributed by atoms with E-state index >= 15 is 0 Å². The van der Waals surface area contributed by atoms with Gasteiger partial charge in [0.1, 0.15) is 0 Å². The topological polar surface area (TPSA) is 67.4 Å². The van der Waals surface area contributed by atoms with Crippen molar-refractivity contribution in [3.8, 4) is 5.75 Å². The number of rotatable bonds is 6. The van der Waals surface area contributed by atoms with Crippen molar-refractivity contribution >= 4 is 11.8 Å². The van der Waals surface area contributed by atoms with Crippen LogP contribution in [0, 0.1) is 11.7 Å². The minimum absolute atomic E-state index is 0.0454. The molecular formula is C14H15F3N2O3. The summed E-state index contributed by atoms with van der Waals surface area (Å²) in [6.45, 7) is -2.23. The molecule has 0 aromatic heterocycles. The van der Waals surface area contributed by atoms with E-state index in [1.54, 1.807) is 0 Å². The second-order valence-corrected chi connectivity index (χ2v) is 5.00. The molecule has 2 N–H and O–H groups in total. The zero-order valence-corrected chi connectivity index (χ0v) is 11.6. The number of alkyl halides is 2. The van der Waals surface area contributed by atoms with Crippen LogP contribution in [0.4, 0.5) is 13.2 Å². The summed E-state index contributed by atoms with van der Waals surface area (Å²) in [4.78, 5) is 22.7. The molecule has 2 amide bonds. The molecule has 22 heavy (non-hydrogen) atoms. The molecule has 0 bridgehead atoms. The van der Waals surface area contributed by atoms with Crippen LogP contribution in [0.25, 0.3) is 0 Å². The first-order valence-corrected chi connectivity index (χ1v) is 6.70. The summed E-state index contributed by atoms with van der Waals surface area (Å²) in [5.41, 5.74) is 0.345. The third-order valence-corrected chi connectivity index (χ3v) is 3.23. The Balaban J connectivity index is 1.83. The Morgan fingerprint density at radius 2 is 2.23 bits per heavy atom. The highest BCUT2D eigenvalue weighted by Crippen LogP contribution is 2.20. The fourth-order valence-corrected chi connectivity index (χ4v) is 2.16. The Kier molecular flexibility index (Phi) is 5.24. The zero-order valence-electron chi connectivity index (χ0n) is 11.6. The lowest BCUT2D eigenvalue weighted by Crippen LogP contribution is -2.31. The lowest BCUT2D eigenvalue weighted by atomic mass is 10.1. The van der Waals surface area contributed by atoms with Crippen LogP contribution in [-0.2, 0) is 16.0 Å². The first kappa shape index (κ1) is 16.1. The molecule has 8 heteroatoms. The molecule has 1 aliphatic rings. The van der Waals surface area contributed by atoms with Crippen LogP contribution in [0.3, 0.4) is 0 Å². The average Bonchev–Trinajstić information content (AvgIpc) is 2.85. The predicted octanol–water partition coefficient (Wildman–Crippen LogP) is 1.22. The maximum Gasteiger partial charge on any atom is 0.387 e. The van der Waals surface area contributed by atoms with Crippen LogP contribution < -0.4 is 15.4 Å². The van der Waals surface area contributed by atoms with Crippen molar-refractivity contribution in [2.45, 2.75) is 19.5 Å². The van der Waals surface area contributed by atoms with E-state index in [1.807, 2.05) is 0 Å². The van der Waals surface area contributed by atoms with E-state index in [0.717, 1.165) is 12.1 Å². The van der Waals surface area contributed by atoms with Crippen molar-refractivity contribution in [3.63, 3.8) is 0 Å². The van der Waals surface area contributed by atoms with Gasteiger partial charge >= 0.3 is 6.61 Å². The smallest absolute Gasteiger partial charge is 0.387 e. The summed E-state index contributed by atoms with van der Waals surface area (Å²) in [6, 6.07) is 3.39. The average molecular weight is 316 g/mol. The SMILES string of the molecule is O=C(Cc1ccc(OC(F)F)c(F)c1)NCC1CNC(=O)C1. The standard InChI is InChI=1S/C14H15F3N2O3/c15-10-3-8(1-2-11(10)22-14(16)17)4-12(20)18-6-9-5-13(21)19-7-9/h1-3,9,14H,4-7H2,(H,18,20)(H,19,21). The molecule has 0 radical (unpaired) electrons. The Bertz CT molecular complexity index is 566. The normalized spacial score (nSPS) is 17.5. The summed E-state index contributed by atoms with van der Waals surface area (Å²) < 4.78 is 41.5. The van der Waals surface area contributed by atoms with E-state index in [2.05, 4.69) is 15.4 Å². The molecule has 1 aromatic rings. The number of ether oxygens (including phenoxy) is 1.